The predicted octanol–water partition coefficient (Wildman–Crippen LogP) is 6.62. The molecule has 2 rings (SSSR count). The quantitative estimate of drug-likeness (QED) is 0.567. The van der Waals surface area contributed by atoms with Gasteiger partial charge in [-0.05, 0) is 45.7 Å². The van der Waals surface area contributed by atoms with Crippen molar-refractivity contribution in [1.29, 1.82) is 0 Å². The second-order valence-corrected chi connectivity index (χ2v) is 6.13. The summed E-state index contributed by atoms with van der Waals surface area (Å²) < 4.78 is 0. The van der Waals surface area contributed by atoms with Gasteiger partial charge in [-0.3, -0.25) is 4.99 Å². The van der Waals surface area contributed by atoms with Gasteiger partial charge in [-0.1, -0.05) is 60.5 Å². The lowest BCUT2D eigenvalue weighted by Gasteiger charge is -2.27. The Kier molecular flexibility index (Phi) is 5.38. The van der Waals surface area contributed by atoms with Crippen molar-refractivity contribution in [1.82, 2.24) is 0 Å². The van der Waals surface area contributed by atoms with E-state index in [-0.39, 0.29) is 0 Å². The maximum atomic E-state index is 4.76. The van der Waals surface area contributed by atoms with Gasteiger partial charge in [0.05, 0.1) is 5.69 Å². The molecule has 0 aliphatic carbocycles. The van der Waals surface area contributed by atoms with Gasteiger partial charge in [0.15, 0.2) is 0 Å². The fourth-order valence-corrected chi connectivity index (χ4v) is 2.68. The Labute approximate surface area is 140 Å². The second-order valence-electron chi connectivity index (χ2n) is 6.13. The fourth-order valence-electron chi connectivity index (χ4n) is 2.68. The zero-order chi connectivity index (χ0) is 17.0. The molecule has 0 radical (unpaired) electrons. The molecule has 0 saturated heterocycles. The Balaban J connectivity index is 2.25. The minimum absolute atomic E-state index is 0.967. The molecule has 0 bridgehead atoms. The summed E-state index contributed by atoms with van der Waals surface area (Å²) >= 11 is 0. The van der Waals surface area contributed by atoms with Gasteiger partial charge in [0.25, 0.3) is 0 Å². The second kappa shape index (κ2) is 7.28. The average molecular weight is 305 g/mol. The van der Waals surface area contributed by atoms with Crippen molar-refractivity contribution in [3.05, 3.63) is 75.7 Å². The monoisotopic (exact) mass is 305 g/mol. The number of aryl methyl sites for hydroxylation is 4. The first-order valence-corrected chi connectivity index (χ1v) is 7.96. The van der Waals surface area contributed by atoms with E-state index in [0.29, 0.717) is 0 Å². The highest BCUT2D eigenvalue weighted by atomic mass is 14.9. The highest BCUT2D eigenvalue weighted by Crippen LogP contribution is 2.31. The molecule has 0 amide bonds. The number of rotatable bonds is 4. The van der Waals surface area contributed by atoms with E-state index in [1.165, 1.54) is 22.3 Å². The molecule has 0 aromatic heterocycles. The van der Waals surface area contributed by atoms with E-state index in [2.05, 4.69) is 64.1 Å². The summed E-state index contributed by atoms with van der Waals surface area (Å²) in [5.41, 5.74) is 8.83. The van der Waals surface area contributed by atoms with Gasteiger partial charge in [-0.2, -0.15) is 5.70 Å². The van der Waals surface area contributed by atoms with Crippen LogP contribution in [-0.4, -0.2) is 5.71 Å². The molecule has 23 heavy (non-hydrogen) atoms. The van der Waals surface area contributed by atoms with Gasteiger partial charge in [0.2, 0.25) is 0 Å². The Morgan fingerprint density at radius 3 is 1.83 bits per heavy atom. The number of hydrogen-bond donors (Lipinski definition) is 0. The molecule has 0 spiro atoms. The Hall–Kier alpha value is -2.35. The van der Waals surface area contributed by atoms with Crippen LogP contribution in [0.4, 0.5) is 11.4 Å². The van der Waals surface area contributed by atoms with Crippen LogP contribution in [0.5, 0.6) is 0 Å². The molecular formula is C21H25N2-. The van der Waals surface area contributed by atoms with Crippen LogP contribution in [-0.2, 0) is 0 Å². The molecule has 0 aliphatic heterocycles. The minimum atomic E-state index is 0.967. The summed E-state index contributed by atoms with van der Waals surface area (Å²) in [5, 5.41) is 4.76. The molecule has 0 N–H and O–H groups in total. The zero-order valence-electron chi connectivity index (χ0n) is 14.9. The van der Waals surface area contributed by atoms with Gasteiger partial charge in [-0.25, -0.2) is 0 Å². The molecule has 2 aromatic rings. The molecule has 0 aliphatic rings. The maximum Gasteiger partial charge on any atom is 0.0691 e. The van der Waals surface area contributed by atoms with E-state index < -0.39 is 0 Å². The summed E-state index contributed by atoms with van der Waals surface area (Å²) in [6.45, 7) is 12.4. The SMILES string of the molecule is CC(/C=C(\C)[N-]c1c(C)cccc1C)=Nc1c(C)cccc1C. The molecule has 120 valence electrons. The number of benzene rings is 2. The Morgan fingerprint density at radius 1 is 0.826 bits per heavy atom. The summed E-state index contributed by atoms with van der Waals surface area (Å²) in [6, 6.07) is 12.5. The van der Waals surface area contributed by atoms with Crippen molar-refractivity contribution in [2.45, 2.75) is 41.5 Å². The van der Waals surface area contributed by atoms with Crippen molar-refractivity contribution in [2.75, 3.05) is 0 Å². The third kappa shape index (κ3) is 4.32. The lowest BCUT2D eigenvalue weighted by Crippen LogP contribution is -1.90. The molecule has 2 aromatic carbocycles. The minimum Gasteiger partial charge on any atom is -0.661 e. The van der Waals surface area contributed by atoms with Crippen LogP contribution >= 0.6 is 0 Å². The van der Waals surface area contributed by atoms with Gasteiger partial charge >= 0.3 is 0 Å². The van der Waals surface area contributed by atoms with Crippen LogP contribution in [0.3, 0.4) is 0 Å². The average Bonchev–Trinajstić information content (AvgIpc) is 2.47. The summed E-state index contributed by atoms with van der Waals surface area (Å²) in [6.07, 6.45) is 2.04. The van der Waals surface area contributed by atoms with Crippen molar-refractivity contribution in [2.24, 2.45) is 4.99 Å². The van der Waals surface area contributed by atoms with Crippen molar-refractivity contribution in [3.63, 3.8) is 0 Å². The molecular weight excluding hydrogens is 280 g/mol. The zero-order valence-corrected chi connectivity index (χ0v) is 14.9. The van der Waals surface area contributed by atoms with Gasteiger partial charge < -0.3 is 5.32 Å². The first-order valence-electron chi connectivity index (χ1n) is 7.96. The van der Waals surface area contributed by atoms with E-state index in [4.69, 9.17) is 10.3 Å². The molecule has 0 heterocycles. The van der Waals surface area contributed by atoms with Crippen molar-refractivity contribution >= 4 is 17.1 Å². The molecule has 2 nitrogen and oxygen atoms in total. The number of para-hydroxylation sites is 2. The van der Waals surface area contributed by atoms with Crippen molar-refractivity contribution < 1.29 is 0 Å². The molecule has 0 saturated carbocycles. The van der Waals surface area contributed by atoms with E-state index in [9.17, 15) is 0 Å². The van der Waals surface area contributed by atoms with Crippen LogP contribution in [0.2, 0.25) is 0 Å². The lowest BCUT2D eigenvalue weighted by atomic mass is 10.1. The first-order chi connectivity index (χ1) is 10.9. The largest absolute Gasteiger partial charge is 0.661 e. The first kappa shape index (κ1) is 17.0. The maximum absolute atomic E-state index is 4.76. The van der Waals surface area contributed by atoms with Gasteiger partial charge in [-0.15, -0.1) is 5.69 Å². The topological polar surface area (TPSA) is 26.5 Å². The third-order valence-electron chi connectivity index (χ3n) is 3.87. The Morgan fingerprint density at radius 2 is 1.30 bits per heavy atom. The predicted molar refractivity (Wildman–Crippen MR) is 101 cm³/mol. The highest BCUT2D eigenvalue weighted by molar-refractivity contribution is 5.96. The van der Waals surface area contributed by atoms with Crippen LogP contribution in [0.15, 0.2) is 53.2 Å². The standard InChI is InChI=1S/C21H25N2/c1-14-9-7-10-15(2)20(14)22-18(5)13-19(6)23-21-16(3)11-8-12-17(21)4/h7-13H,1-6H3/q-1/b18-13+,23-19?. The smallest absolute Gasteiger partial charge is 0.0691 e. The summed E-state index contributed by atoms with van der Waals surface area (Å²) in [5.74, 6) is 0. The number of allylic oxidation sites excluding steroid dienone is 2. The number of hydrogen-bond acceptors (Lipinski definition) is 1. The molecule has 0 fully saturated rings. The van der Waals surface area contributed by atoms with Crippen LogP contribution in [0, 0.1) is 27.7 Å². The van der Waals surface area contributed by atoms with Gasteiger partial charge in [0, 0.05) is 5.71 Å². The Bertz CT molecular complexity index is 727. The van der Waals surface area contributed by atoms with E-state index in [1.54, 1.807) is 0 Å². The summed E-state index contributed by atoms with van der Waals surface area (Å²) in [7, 11) is 0. The number of aliphatic imine (C=N–C) groups is 1. The van der Waals surface area contributed by atoms with Crippen LogP contribution < -0.4 is 0 Å². The van der Waals surface area contributed by atoms with Crippen LogP contribution in [0.1, 0.15) is 36.1 Å². The van der Waals surface area contributed by atoms with E-state index in [0.717, 1.165) is 22.8 Å². The molecule has 2 heteroatoms. The normalized spacial score (nSPS) is 12.4. The fraction of sp³-hybridized carbons (Fsp3) is 0.286. The van der Waals surface area contributed by atoms with Gasteiger partial charge in [0.1, 0.15) is 0 Å². The third-order valence-corrected chi connectivity index (χ3v) is 3.87. The number of nitrogens with zero attached hydrogens (tertiary/aromatic N) is 2. The van der Waals surface area contributed by atoms with Crippen molar-refractivity contribution in [3.8, 4) is 0 Å². The van der Waals surface area contributed by atoms with E-state index in [1.807, 2.05) is 19.9 Å². The van der Waals surface area contributed by atoms with E-state index >= 15 is 0 Å². The van der Waals surface area contributed by atoms with Crippen LogP contribution in [0.25, 0.3) is 5.32 Å². The lowest BCUT2D eigenvalue weighted by molar-refractivity contribution is 1.32. The molecule has 0 atom stereocenters. The molecule has 0 unspecified atom stereocenters. The summed E-state index contributed by atoms with van der Waals surface area (Å²) in [4.78, 5) is 4.76. The highest BCUT2D eigenvalue weighted by Gasteiger charge is 1.99.